The van der Waals surface area contributed by atoms with Crippen LogP contribution in [0.5, 0.6) is 0 Å². The van der Waals surface area contributed by atoms with Crippen LogP contribution in [0, 0.1) is 0 Å². The van der Waals surface area contributed by atoms with Gasteiger partial charge in [-0.25, -0.2) is 9.59 Å². The number of hydrogen-bond donors (Lipinski definition) is 0. The van der Waals surface area contributed by atoms with Gasteiger partial charge in [-0.3, -0.25) is 4.79 Å². The fourth-order valence-electron chi connectivity index (χ4n) is 2.77. The van der Waals surface area contributed by atoms with Gasteiger partial charge in [0.25, 0.3) is 0 Å². The van der Waals surface area contributed by atoms with Crippen molar-refractivity contribution in [3.05, 3.63) is 58.2 Å². The topological polar surface area (TPSA) is 69.7 Å². The largest absolute Gasteiger partial charge is 0.462 e. The van der Waals surface area contributed by atoms with Crippen molar-refractivity contribution in [1.82, 2.24) is 0 Å². The lowest BCUT2D eigenvalue weighted by molar-refractivity contribution is -0.139. The smallest absolute Gasteiger partial charge is 0.342 e. The molecule has 0 N–H and O–H groups in total. The van der Waals surface area contributed by atoms with Gasteiger partial charge in [0.1, 0.15) is 5.57 Å². The molecule has 1 aromatic rings. The molecule has 0 radical (unpaired) electrons. The Morgan fingerprint density at radius 2 is 1.67 bits per heavy atom. The first-order chi connectivity index (χ1) is 11.6. The van der Waals surface area contributed by atoms with Gasteiger partial charge >= 0.3 is 11.9 Å². The highest BCUT2D eigenvalue weighted by Crippen LogP contribution is 2.39. The first-order valence-electron chi connectivity index (χ1n) is 7.74. The molecule has 0 unspecified atom stereocenters. The first-order valence-corrected chi connectivity index (χ1v) is 7.74. The highest BCUT2D eigenvalue weighted by Gasteiger charge is 2.32. The molecule has 0 aromatic heterocycles. The zero-order chi connectivity index (χ0) is 17.3. The van der Waals surface area contributed by atoms with Crippen molar-refractivity contribution >= 4 is 29.4 Å². The summed E-state index contributed by atoms with van der Waals surface area (Å²) < 4.78 is 9.90. The number of fused-ring (bicyclic) bond motifs is 3. The highest BCUT2D eigenvalue weighted by atomic mass is 16.5. The van der Waals surface area contributed by atoms with E-state index in [4.69, 9.17) is 9.47 Å². The summed E-state index contributed by atoms with van der Waals surface area (Å²) in [6, 6.07) is 5.15. The van der Waals surface area contributed by atoms with E-state index in [-0.39, 0.29) is 18.0 Å². The maximum Gasteiger partial charge on any atom is 0.342 e. The summed E-state index contributed by atoms with van der Waals surface area (Å²) in [5.41, 5.74) is 3.25. The van der Waals surface area contributed by atoms with E-state index in [0.717, 1.165) is 16.7 Å². The van der Waals surface area contributed by atoms with Crippen molar-refractivity contribution in [3.63, 3.8) is 0 Å². The lowest BCUT2D eigenvalue weighted by Gasteiger charge is -2.13. The molecule has 5 heteroatoms. The van der Waals surface area contributed by atoms with Crippen LogP contribution >= 0.6 is 0 Å². The molecule has 2 aliphatic carbocycles. The summed E-state index contributed by atoms with van der Waals surface area (Å²) >= 11 is 0. The third-order valence-electron chi connectivity index (χ3n) is 3.84. The number of esters is 2. The molecule has 3 rings (SSSR count). The van der Waals surface area contributed by atoms with Crippen LogP contribution in [0.15, 0.2) is 41.5 Å². The van der Waals surface area contributed by atoms with E-state index < -0.39 is 11.9 Å². The minimum Gasteiger partial charge on any atom is -0.462 e. The average molecular weight is 324 g/mol. The van der Waals surface area contributed by atoms with Gasteiger partial charge in [0.15, 0.2) is 0 Å². The number of allylic oxidation sites excluding steroid dienone is 4. The number of ether oxygens (including phenoxy) is 2. The molecule has 2 aliphatic rings. The van der Waals surface area contributed by atoms with Crippen LogP contribution in [-0.4, -0.2) is 30.9 Å². The van der Waals surface area contributed by atoms with Gasteiger partial charge in [0.05, 0.1) is 18.8 Å². The zero-order valence-corrected chi connectivity index (χ0v) is 13.4. The van der Waals surface area contributed by atoms with Crippen LogP contribution in [0.1, 0.15) is 35.3 Å². The molecule has 0 bridgehead atoms. The predicted molar refractivity (Wildman–Crippen MR) is 88.1 cm³/mol. The summed E-state index contributed by atoms with van der Waals surface area (Å²) in [5, 5.41) is 0. The molecule has 0 amide bonds. The van der Waals surface area contributed by atoms with E-state index in [9.17, 15) is 14.4 Å². The van der Waals surface area contributed by atoms with Crippen LogP contribution in [0.25, 0.3) is 11.6 Å². The maximum atomic E-state index is 12.5. The Kier molecular flexibility index (Phi) is 4.16. The van der Waals surface area contributed by atoms with Crippen LogP contribution in [0.4, 0.5) is 0 Å². The molecule has 0 atom stereocenters. The molecule has 1 aromatic carbocycles. The molecular formula is C19H16O5. The number of carbonyl (C=O) groups excluding carboxylic acids is 3. The maximum absolute atomic E-state index is 12.5. The first kappa shape index (κ1) is 15.9. The van der Waals surface area contributed by atoms with Crippen LogP contribution < -0.4 is 0 Å². The highest BCUT2D eigenvalue weighted by molar-refractivity contribution is 6.34. The van der Waals surface area contributed by atoms with Gasteiger partial charge in [-0.15, -0.1) is 0 Å². The second-order valence-electron chi connectivity index (χ2n) is 5.29. The predicted octanol–water partition coefficient (Wildman–Crippen LogP) is 2.72. The van der Waals surface area contributed by atoms with Gasteiger partial charge in [-0.1, -0.05) is 12.1 Å². The van der Waals surface area contributed by atoms with E-state index >= 15 is 0 Å². The van der Waals surface area contributed by atoms with Crippen molar-refractivity contribution in [3.8, 4) is 0 Å². The number of ketones is 1. The minimum absolute atomic E-state index is 0.0188. The molecule has 0 saturated carbocycles. The van der Waals surface area contributed by atoms with Crippen molar-refractivity contribution in [1.29, 1.82) is 0 Å². The number of rotatable bonds is 4. The summed E-state index contributed by atoms with van der Waals surface area (Å²) in [6.45, 7) is 3.94. The summed E-state index contributed by atoms with van der Waals surface area (Å²) in [4.78, 5) is 36.2. The van der Waals surface area contributed by atoms with Crippen molar-refractivity contribution in [2.45, 2.75) is 13.8 Å². The van der Waals surface area contributed by atoms with Gasteiger partial charge in [-0.05, 0) is 54.8 Å². The quantitative estimate of drug-likeness (QED) is 0.629. The van der Waals surface area contributed by atoms with Crippen molar-refractivity contribution in [2.24, 2.45) is 0 Å². The van der Waals surface area contributed by atoms with Gasteiger partial charge in [0, 0.05) is 5.57 Å². The number of Topliss-reactive ketones (excluding diaryl/α,β-unsaturated/α-hetero) is 1. The molecule has 24 heavy (non-hydrogen) atoms. The van der Waals surface area contributed by atoms with Gasteiger partial charge < -0.3 is 9.47 Å². The standard InChI is InChI=1S/C19H16O5/c1-3-23-18(21)11-5-6-13-12(9-11)10-16-14(13)7-8-15(17(16)20)19(22)24-4-2/h5-10H,3-4H2,1-2H3. The van der Waals surface area contributed by atoms with Crippen molar-refractivity contribution in [2.75, 3.05) is 13.2 Å². The van der Waals surface area contributed by atoms with Gasteiger partial charge in [-0.2, -0.15) is 0 Å². The van der Waals surface area contributed by atoms with Crippen LogP contribution in [-0.2, 0) is 19.1 Å². The summed E-state index contributed by atoms with van der Waals surface area (Å²) in [6.07, 6.45) is 4.91. The summed E-state index contributed by atoms with van der Waals surface area (Å²) in [7, 11) is 0. The molecule has 0 saturated heterocycles. The molecule has 0 fully saturated rings. The second kappa shape index (κ2) is 6.28. The van der Waals surface area contributed by atoms with Crippen molar-refractivity contribution < 1.29 is 23.9 Å². The van der Waals surface area contributed by atoms with E-state index in [1.165, 1.54) is 6.08 Å². The number of carbonyl (C=O) groups is 3. The molecule has 0 aliphatic heterocycles. The Morgan fingerprint density at radius 1 is 0.958 bits per heavy atom. The van der Waals surface area contributed by atoms with Gasteiger partial charge in [0.2, 0.25) is 5.78 Å². The average Bonchev–Trinajstić information content (AvgIpc) is 2.94. The third kappa shape index (κ3) is 2.58. The molecule has 5 nitrogen and oxygen atoms in total. The fourth-order valence-corrected chi connectivity index (χ4v) is 2.77. The Balaban J connectivity index is 1.96. The lowest BCUT2D eigenvalue weighted by Crippen LogP contribution is -2.19. The molecule has 0 spiro atoms. The van der Waals surface area contributed by atoms with E-state index in [1.807, 2.05) is 0 Å². The summed E-state index contributed by atoms with van der Waals surface area (Å²) in [5.74, 6) is -1.39. The Morgan fingerprint density at radius 3 is 2.38 bits per heavy atom. The lowest BCUT2D eigenvalue weighted by atomic mass is 9.91. The van der Waals surface area contributed by atoms with Crippen LogP contribution in [0.2, 0.25) is 0 Å². The Bertz CT molecular complexity index is 839. The number of benzene rings is 1. The van der Waals surface area contributed by atoms with E-state index in [2.05, 4.69) is 0 Å². The Hall–Kier alpha value is -2.95. The van der Waals surface area contributed by atoms with Crippen LogP contribution in [0.3, 0.4) is 0 Å². The Labute approximate surface area is 139 Å². The second-order valence-corrected chi connectivity index (χ2v) is 5.29. The number of hydrogen-bond acceptors (Lipinski definition) is 5. The molecule has 122 valence electrons. The zero-order valence-electron chi connectivity index (χ0n) is 13.4. The fraction of sp³-hybridized carbons (Fsp3) is 0.211. The van der Waals surface area contributed by atoms with E-state index in [1.54, 1.807) is 44.2 Å². The third-order valence-corrected chi connectivity index (χ3v) is 3.84. The monoisotopic (exact) mass is 324 g/mol. The van der Waals surface area contributed by atoms with E-state index in [0.29, 0.717) is 17.7 Å². The minimum atomic E-state index is -0.623. The normalized spacial score (nSPS) is 14.9. The molecule has 0 heterocycles. The molecular weight excluding hydrogens is 308 g/mol. The SMILES string of the molecule is CCOC(=O)C1=CC=C2C(=Cc3cc(C(=O)OCC)ccc32)C1=O.